The summed E-state index contributed by atoms with van der Waals surface area (Å²) < 4.78 is 7.82. The molecule has 0 aliphatic carbocycles. The van der Waals surface area contributed by atoms with E-state index in [1.54, 1.807) is 24.3 Å². The third-order valence-corrected chi connectivity index (χ3v) is 4.96. The van der Waals surface area contributed by atoms with Gasteiger partial charge in [0.2, 0.25) is 5.69 Å². The van der Waals surface area contributed by atoms with Crippen molar-refractivity contribution in [2.45, 2.75) is 6.54 Å². The Balaban J connectivity index is 1.76. The zero-order chi connectivity index (χ0) is 20.9. The second-order valence-corrected chi connectivity index (χ2v) is 7.34. The van der Waals surface area contributed by atoms with Gasteiger partial charge in [-0.15, -0.1) is 0 Å². The van der Waals surface area contributed by atoms with Crippen LogP contribution < -0.4 is 4.74 Å². The van der Waals surface area contributed by atoms with Gasteiger partial charge in [-0.3, -0.25) is 0 Å². The molecule has 0 amide bonds. The van der Waals surface area contributed by atoms with Gasteiger partial charge in [0.1, 0.15) is 18.4 Å². The van der Waals surface area contributed by atoms with Crippen molar-refractivity contribution < 1.29 is 4.74 Å². The van der Waals surface area contributed by atoms with Crippen LogP contribution in [-0.2, 0) is 6.54 Å². The molecule has 0 radical (unpaired) electrons. The number of hydrogen-bond donors (Lipinski definition) is 0. The minimum absolute atomic E-state index is 0.130. The van der Waals surface area contributed by atoms with Crippen LogP contribution in [0.15, 0.2) is 73.1 Å². The average Bonchev–Trinajstić information content (AvgIpc) is 3.28. The molecule has 0 aliphatic heterocycles. The summed E-state index contributed by atoms with van der Waals surface area (Å²) in [5.41, 5.74) is 2.92. The molecule has 0 N–H and O–H groups in total. The minimum atomic E-state index is 0.130. The predicted molar refractivity (Wildman–Crippen MR) is 118 cm³/mol. The second-order valence-electron chi connectivity index (χ2n) is 6.47. The Hall–Kier alpha value is -3.33. The summed E-state index contributed by atoms with van der Waals surface area (Å²) in [5.74, 6) is 0.201. The molecule has 0 saturated carbocycles. The highest BCUT2D eigenvalue weighted by molar-refractivity contribution is 6.31. The summed E-state index contributed by atoms with van der Waals surface area (Å²) >= 11 is 12.1. The number of benzene rings is 2. The second kappa shape index (κ2) is 9.00. The Morgan fingerprint density at radius 3 is 1.90 bits per heavy atom. The lowest BCUT2D eigenvalue weighted by Crippen LogP contribution is -2.10. The fourth-order valence-corrected chi connectivity index (χ4v) is 3.23. The van der Waals surface area contributed by atoms with Crippen molar-refractivity contribution in [3.8, 4) is 34.5 Å². The van der Waals surface area contributed by atoms with Crippen molar-refractivity contribution in [2.75, 3.05) is 6.61 Å². The molecule has 0 saturated heterocycles. The molecule has 0 bridgehead atoms. The minimum Gasteiger partial charge on any atom is -0.474 e. The van der Waals surface area contributed by atoms with Gasteiger partial charge in [0.15, 0.2) is 0 Å². The van der Waals surface area contributed by atoms with Crippen LogP contribution in [-0.4, -0.2) is 21.1 Å². The van der Waals surface area contributed by atoms with Crippen molar-refractivity contribution in [3.05, 3.63) is 88.8 Å². The van der Waals surface area contributed by atoms with Crippen LogP contribution in [0.2, 0.25) is 10.0 Å². The molecular weight excluding hydrogens is 419 g/mol. The third kappa shape index (κ3) is 4.46. The van der Waals surface area contributed by atoms with Crippen LogP contribution in [0.25, 0.3) is 22.5 Å². The molecule has 148 valence electrons. The zero-order valence-electron chi connectivity index (χ0n) is 15.8. The number of nitriles is 1. The molecule has 2 aromatic carbocycles. The number of halogens is 2. The summed E-state index contributed by atoms with van der Waals surface area (Å²) in [6, 6.07) is 20.5. The van der Waals surface area contributed by atoms with E-state index in [1.807, 2.05) is 53.4 Å². The number of rotatable bonds is 6. The van der Waals surface area contributed by atoms with Crippen molar-refractivity contribution in [2.24, 2.45) is 0 Å². The lowest BCUT2D eigenvalue weighted by Gasteiger charge is -2.13. The van der Waals surface area contributed by atoms with E-state index in [1.165, 1.54) is 0 Å². The first kappa shape index (κ1) is 20.0. The summed E-state index contributed by atoms with van der Waals surface area (Å²) in [7, 11) is 0. The maximum Gasteiger partial charge on any atom is 0.251 e. The molecule has 0 spiro atoms. The molecule has 5 nitrogen and oxygen atoms in total. The Morgan fingerprint density at radius 1 is 0.833 bits per heavy atom. The van der Waals surface area contributed by atoms with Crippen molar-refractivity contribution in [1.29, 1.82) is 5.26 Å². The first-order valence-corrected chi connectivity index (χ1v) is 9.97. The maximum absolute atomic E-state index is 9.64. The Kier molecular flexibility index (Phi) is 5.99. The molecule has 0 aliphatic rings. The lowest BCUT2D eigenvalue weighted by molar-refractivity contribution is 0.286. The van der Waals surface area contributed by atoms with Crippen LogP contribution in [0.3, 0.4) is 0 Å². The molecule has 0 fully saturated rings. The van der Waals surface area contributed by atoms with Gasteiger partial charge in [-0.05, 0) is 36.4 Å². The van der Waals surface area contributed by atoms with E-state index in [9.17, 15) is 5.26 Å². The number of nitrogens with zero attached hydrogens (tertiary/aromatic N) is 4. The summed E-state index contributed by atoms with van der Waals surface area (Å²) in [5, 5.41) is 10.9. The van der Waals surface area contributed by atoms with E-state index in [-0.39, 0.29) is 11.6 Å². The third-order valence-electron chi connectivity index (χ3n) is 4.46. The van der Waals surface area contributed by atoms with E-state index in [4.69, 9.17) is 27.9 Å². The SMILES string of the molecule is N#Cc1nc(-c2ccc(Cl)cc2)c(-c2ccc(Cl)cc2)nc1OCCn1cccc1. The van der Waals surface area contributed by atoms with E-state index >= 15 is 0 Å². The highest BCUT2D eigenvalue weighted by Gasteiger charge is 2.18. The molecule has 7 heteroatoms. The van der Waals surface area contributed by atoms with Crippen LogP contribution in [0, 0.1) is 11.3 Å². The van der Waals surface area contributed by atoms with Crippen LogP contribution >= 0.6 is 23.2 Å². The number of hydrogen-bond acceptors (Lipinski definition) is 4. The summed E-state index contributed by atoms with van der Waals surface area (Å²) in [4.78, 5) is 9.24. The van der Waals surface area contributed by atoms with Gasteiger partial charge in [0, 0.05) is 33.6 Å². The Labute approximate surface area is 184 Å². The van der Waals surface area contributed by atoms with E-state index in [0.29, 0.717) is 34.6 Å². The van der Waals surface area contributed by atoms with Crippen molar-refractivity contribution in [1.82, 2.24) is 14.5 Å². The maximum atomic E-state index is 9.64. The van der Waals surface area contributed by atoms with E-state index < -0.39 is 0 Å². The first-order chi connectivity index (χ1) is 14.6. The smallest absolute Gasteiger partial charge is 0.251 e. The number of ether oxygens (including phenoxy) is 1. The Morgan fingerprint density at radius 2 is 1.37 bits per heavy atom. The highest BCUT2D eigenvalue weighted by Crippen LogP contribution is 2.33. The molecule has 0 unspecified atom stereocenters. The summed E-state index contributed by atoms with van der Waals surface area (Å²) in [6.45, 7) is 0.993. The van der Waals surface area contributed by atoms with Gasteiger partial charge >= 0.3 is 0 Å². The van der Waals surface area contributed by atoms with E-state index in [2.05, 4.69) is 16.0 Å². The van der Waals surface area contributed by atoms with Crippen molar-refractivity contribution in [3.63, 3.8) is 0 Å². The molecule has 30 heavy (non-hydrogen) atoms. The standard InChI is InChI=1S/C23H16Cl2N4O/c24-18-7-3-16(4-8-18)21-22(17-5-9-19(25)10-6-17)28-23(20(15-26)27-21)30-14-13-29-11-1-2-12-29/h1-12H,13-14H2. The molecule has 2 aromatic heterocycles. The number of aromatic nitrogens is 3. The topological polar surface area (TPSA) is 63.7 Å². The van der Waals surface area contributed by atoms with Gasteiger partial charge in [-0.2, -0.15) is 5.26 Å². The quantitative estimate of drug-likeness (QED) is 0.380. The van der Waals surface area contributed by atoms with Gasteiger partial charge < -0.3 is 9.30 Å². The highest BCUT2D eigenvalue weighted by atomic mass is 35.5. The molecule has 2 heterocycles. The molecular formula is C23H16Cl2N4O. The van der Waals surface area contributed by atoms with Gasteiger partial charge in [0.25, 0.3) is 5.88 Å². The molecule has 4 aromatic rings. The van der Waals surface area contributed by atoms with Gasteiger partial charge in [-0.25, -0.2) is 9.97 Å². The lowest BCUT2D eigenvalue weighted by atomic mass is 10.0. The van der Waals surface area contributed by atoms with Crippen molar-refractivity contribution >= 4 is 23.2 Å². The Bertz CT molecular complexity index is 1180. The molecule has 4 rings (SSSR count). The van der Waals surface area contributed by atoms with Crippen LogP contribution in [0.5, 0.6) is 5.88 Å². The zero-order valence-corrected chi connectivity index (χ0v) is 17.3. The van der Waals surface area contributed by atoms with Gasteiger partial charge in [-0.1, -0.05) is 47.5 Å². The average molecular weight is 435 g/mol. The predicted octanol–water partition coefficient (Wildman–Crippen LogP) is 5.87. The van der Waals surface area contributed by atoms with Crippen LogP contribution in [0.4, 0.5) is 0 Å². The van der Waals surface area contributed by atoms with Gasteiger partial charge in [0.05, 0.1) is 12.2 Å². The normalized spacial score (nSPS) is 10.6. The largest absolute Gasteiger partial charge is 0.474 e. The summed E-state index contributed by atoms with van der Waals surface area (Å²) in [6.07, 6.45) is 3.89. The fraction of sp³-hybridized carbons (Fsp3) is 0.0870. The first-order valence-electron chi connectivity index (χ1n) is 9.21. The van der Waals surface area contributed by atoms with E-state index in [0.717, 1.165) is 11.1 Å². The monoisotopic (exact) mass is 434 g/mol. The molecule has 0 atom stereocenters. The fourth-order valence-electron chi connectivity index (χ4n) is 2.98. The van der Waals surface area contributed by atoms with Crippen LogP contribution in [0.1, 0.15) is 5.69 Å².